The molecule has 9 nitrogen and oxygen atoms in total. The number of amides is 2. The Balaban J connectivity index is 1.19. The van der Waals surface area contributed by atoms with Crippen LogP contribution in [0.1, 0.15) is 46.3 Å². The zero-order chi connectivity index (χ0) is 30.2. The van der Waals surface area contributed by atoms with Gasteiger partial charge in [-0.3, -0.25) is 14.6 Å². The van der Waals surface area contributed by atoms with Crippen LogP contribution in [-0.2, 0) is 16.6 Å². The summed E-state index contributed by atoms with van der Waals surface area (Å²) in [7, 11) is 3.42. The number of pyridine rings is 1. The number of aliphatic hydroxyl groups is 1. The van der Waals surface area contributed by atoms with Crippen LogP contribution in [-0.4, -0.2) is 76.2 Å². The van der Waals surface area contributed by atoms with Gasteiger partial charge in [0.25, 0.3) is 5.91 Å². The molecule has 5 atom stereocenters. The van der Waals surface area contributed by atoms with Gasteiger partial charge in [-0.05, 0) is 73.7 Å². The SMILES string of the molecule is COc1ccc2c3c1O[C@H]1[C@H](N(C)C(=O)/C=C/c4ccoc4)CC[C@@]4(O)[C@H](C2)N(C(=O)c2ccc5ncccc5c2)CC[C@]314. The zero-order valence-electron chi connectivity index (χ0n) is 24.6. The van der Waals surface area contributed by atoms with E-state index < -0.39 is 23.2 Å². The normalized spacial score (nSPS) is 28.1. The summed E-state index contributed by atoms with van der Waals surface area (Å²) in [6.07, 6.45) is 9.62. The first-order valence-electron chi connectivity index (χ1n) is 15.1. The predicted molar refractivity (Wildman–Crippen MR) is 162 cm³/mol. The molecule has 9 heteroatoms. The Hall–Kier alpha value is -4.63. The van der Waals surface area contributed by atoms with E-state index in [2.05, 4.69) is 4.98 Å². The Morgan fingerprint density at radius 2 is 2.07 bits per heavy atom. The van der Waals surface area contributed by atoms with Crippen LogP contribution in [0.2, 0.25) is 0 Å². The second kappa shape index (κ2) is 9.69. The molecule has 4 heterocycles. The number of nitrogens with zero attached hydrogens (tertiary/aromatic N) is 3. The maximum atomic E-state index is 14.2. The molecule has 4 aromatic rings. The molecule has 0 radical (unpaired) electrons. The molecular formula is C35H33N3O6. The minimum atomic E-state index is -1.25. The van der Waals surface area contributed by atoms with Gasteiger partial charge in [-0.1, -0.05) is 12.1 Å². The third kappa shape index (κ3) is 3.59. The van der Waals surface area contributed by atoms with Crippen molar-refractivity contribution >= 4 is 28.8 Å². The summed E-state index contributed by atoms with van der Waals surface area (Å²) in [5.41, 5.74) is 2.19. The zero-order valence-corrected chi connectivity index (χ0v) is 24.6. The molecule has 1 saturated heterocycles. The number of rotatable bonds is 5. The van der Waals surface area contributed by atoms with E-state index in [1.165, 1.54) is 0 Å². The van der Waals surface area contributed by atoms with Gasteiger partial charge in [-0.2, -0.15) is 0 Å². The molecule has 2 bridgehead atoms. The number of likely N-dealkylation sites (tertiary alicyclic amines) is 1. The number of benzene rings is 2. The van der Waals surface area contributed by atoms with Gasteiger partial charge in [0.05, 0.1) is 48.3 Å². The maximum Gasteiger partial charge on any atom is 0.254 e. The lowest BCUT2D eigenvalue weighted by molar-refractivity contribution is -0.191. The van der Waals surface area contributed by atoms with Gasteiger partial charge in [-0.15, -0.1) is 0 Å². The van der Waals surface area contributed by atoms with Crippen molar-refractivity contribution in [3.05, 3.63) is 95.6 Å². The smallest absolute Gasteiger partial charge is 0.254 e. The van der Waals surface area contributed by atoms with Crippen molar-refractivity contribution in [1.82, 2.24) is 14.8 Å². The summed E-state index contributed by atoms with van der Waals surface area (Å²) < 4.78 is 17.7. The van der Waals surface area contributed by atoms with Gasteiger partial charge in [0, 0.05) is 47.9 Å². The fourth-order valence-corrected chi connectivity index (χ4v) is 8.50. The molecule has 1 saturated carbocycles. The van der Waals surface area contributed by atoms with E-state index in [4.69, 9.17) is 13.9 Å². The number of carbonyl (C=O) groups is 2. The highest BCUT2D eigenvalue weighted by Gasteiger charge is 2.74. The number of fused-ring (bicyclic) bond motifs is 1. The van der Waals surface area contributed by atoms with Crippen LogP contribution < -0.4 is 9.47 Å². The van der Waals surface area contributed by atoms with E-state index in [0.717, 1.165) is 27.6 Å². The van der Waals surface area contributed by atoms with E-state index in [9.17, 15) is 14.7 Å². The molecular weight excluding hydrogens is 558 g/mol. The number of hydrogen-bond donors (Lipinski definition) is 1. The van der Waals surface area contributed by atoms with Crippen molar-refractivity contribution in [2.45, 2.75) is 54.9 Å². The van der Waals surface area contributed by atoms with Crippen molar-refractivity contribution in [2.75, 3.05) is 20.7 Å². The van der Waals surface area contributed by atoms with Gasteiger partial charge in [-0.25, -0.2) is 0 Å². The summed E-state index contributed by atoms with van der Waals surface area (Å²) in [4.78, 5) is 35.6. The lowest BCUT2D eigenvalue weighted by Gasteiger charge is -2.64. The Morgan fingerprint density at radius 1 is 1.18 bits per heavy atom. The number of aromatic nitrogens is 1. The van der Waals surface area contributed by atoms with Crippen molar-refractivity contribution < 1.29 is 28.6 Å². The third-order valence-electron chi connectivity index (χ3n) is 10.6. The average molecular weight is 592 g/mol. The molecule has 2 amide bonds. The molecule has 2 fully saturated rings. The maximum absolute atomic E-state index is 14.2. The monoisotopic (exact) mass is 591 g/mol. The highest BCUT2D eigenvalue weighted by molar-refractivity contribution is 5.98. The van der Waals surface area contributed by atoms with Gasteiger partial charge in [0.2, 0.25) is 5.91 Å². The number of methoxy groups -OCH3 is 1. The van der Waals surface area contributed by atoms with E-state index in [0.29, 0.717) is 49.3 Å². The van der Waals surface area contributed by atoms with E-state index in [-0.39, 0.29) is 17.9 Å². The largest absolute Gasteiger partial charge is 0.493 e. The number of piperidine rings is 1. The fraction of sp³-hybridized carbons (Fsp3) is 0.343. The van der Waals surface area contributed by atoms with Crippen LogP contribution in [0.4, 0.5) is 0 Å². The molecule has 2 aliphatic heterocycles. The predicted octanol–water partition coefficient (Wildman–Crippen LogP) is 4.37. The second-order valence-electron chi connectivity index (χ2n) is 12.4. The number of hydrogen-bond acceptors (Lipinski definition) is 7. The number of furan rings is 1. The van der Waals surface area contributed by atoms with E-state index in [1.54, 1.807) is 56.0 Å². The molecule has 1 spiro atoms. The molecule has 224 valence electrons. The topological polar surface area (TPSA) is 105 Å². The number of carbonyl (C=O) groups excluding carboxylic acids is 2. The molecule has 2 aliphatic carbocycles. The van der Waals surface area contributed by atoms with Gasteiger partial charge in [0.15, 0.2) is 11.5 Å². The number of likely N-dealkylation sites (N-methyl/N-ethyl adjacent to an activating group) is 1. The Kier molecular flexibility index (Phi) is 5.94. The molecule has 8 rings (SSSR count). The van der Waals surface area contributed by atoms with Crippen LogP contribution in [0.3, 0.4) is 0 Å². The van der Waals surface area contributed by atoms with E-state index >= 15 is 0 Å². The fourth-order valence-electron chi connectivity index (χ4n) is 8.50. The van der Waals surface area contributed by atoms with Crippen molar-refractivity contribution in [3.63, 3.8) is 0 Å². The molecule has 2 aromatic heterocycles. The molecule has 0 unspecified atom stereocenters. The van der Waals surface area contributed by atoms with Gasteiger partial charge >= 0.3 is 0 Å². The van der Waals surface area contributed by atoms with Crippen LogP contribution in [0.5, 0.6) is 11.5 Å². The van der Waals surface area contributed by atoms with Crippen LogP contribution >= 0.6 is 0 Å². The first-order chi connectivity index (χ1) is 21.4. The first kappa shape index (κ1) is 27.0. The highest BCUT2D eigenvalue weighted by Crippen LogP contribution is 2.66. The summed E-state index contributed by atoms with van der Waals surface area (Å²) in [5.74, 6) is 1.01. The van der Waals surface area contributed by atoms with Crippen molar-refractivity contribution in [1.29, 1.82) is 0 Å². The van der Waals surface area contributed by atoms with Crippen molar-refractivity contribution in [3.8, 4) is 11.5 Å². The number of ether oxygens (including phenoxy) is 2. The van der Waals surface area contributed by atoms with Crippen LogP contribution in [0.15, 0.2) is 77.7 Å². The minimum absolute atomic E-state index is 0.101. The minimum Gasteiger partial charge on any atom is -0.493 e. The Morgan fingerprint density at radius 3 is 2.89 bits per heavy atom. The lowest BCUT2D eigenvalue weighted by atomic mass is 9.48. The summed E-state index contributed by atoms with van der Waals surface area (Å²) in [5, 5.41) is 13.8. The lowest BCUT2D eigenvalue weighted by Crippen LogP contribution is -2.78. The quantitative estimate of drug-likeness (QED) is 0.344. The average Bonchev–Trinajstić information content (AvgIpc) is 3.69. The first-order valence-corrected chi connectivity index (χ1v) is 15.1. The Bertz CT molecular complexity index is 1840. The summed E-state index contributed by atoms with van der Waals surface area (Å²) >= 11 is 0. The van der Waals surface area contributed by atoms with Gasteiger partial charge in [0.1, 0.15) is 6.10 Å². The van der Waals surface area contributed by atoms with Crippen LogP contribution in [0.25, 0.3) is 17.0 Å². The molecule has 1 N–H and O–H groups in total. The van der Waals surface area contributed by atoms with Crippen molar-refractivity contribution in [2.24, 2.45) is 0 Å². The Labute approximate surface area is 254 Å². The standard InChI is InChI=1S/C35H33N3O6/c1-37(29(39)10-5-21-12-17-43-20-21)26-11-13-35(41)28-19-23-7-9-27(42-2)31-30(23)34(35,32(26)44-31)14-16-38(28)33(40)24-6-8-25-22(18-24)4-3-15-36-25/h3-10,12,15,17-18,20,26,28,32,41H,11,13-14,16,19H2,1-2H3/b10-5+/t26-,28+,32+,34+,35-/m1/s1. The molecule has 4 aliphatic rings. The van der Waals surface area contributed by atoms with Gasteiger partial charge < -0.3 is 28.8 Å². The summed E-state index contributed by atoms with van der Waals surface area (Å²) in [6, 6.07) is 14.4. The molecule has 44 heavy (non-hydrogen) atoms. The summed E-state index contributed by atoms with van der Waals surface area (Å²) in [6.45, 7) is 0.456. The van der Waals surface area contributed by atoms with E-state index in [1.807, 2.05) is 47.4 Å². The highest BCUT2D eigenvalue weighted by atomic mass is 16.5. The third-order valence-corrected chi connectivity index (χ3v) is 10.6. The second-order valence-corrected chi connectivity index (χ2v) is 12.4. The molecule has 2 aromatic carbocycles. The van der Waals surface area contributed by atoms with Crippen LogP contribution in [0, 0.1) is 0 Å².